The number of halogens is 2. The van der Waals surface area contributed by atoms with Crippen molar-refractivity contribution in [2.45, 2.75) is 25.3 Å². The highest BCUT2D eigenvalue weighted by Crippen LogP contribution is 2.05. The summed E-state index contributed by atoms with van der Waals surface area (Å²) in [5.41, 5.74) is 7.02. The highest BCUT2D eigenvalue weighted by molar-refractivity contribution is 5.85. The number of carbonyl (C=O) groups is 1. The molecular weight excluding hydrogens is 309 g/mol. The second kappa shape index (κ2) is 10.9. The quantitative estimate of drug-likeness (QED) is 0.831. The van der Waals surface area contributed by atoms with E-state index in [0.29, 0.717) is 13.0 Å². The van der Waals surface area contributed by atoms with Crippen molar-refractivity contribution in [2.24, 2.45) is 5.73 Å². The van der Waals surface area contributed by atoms with Gasteiger partial charge in [0, 0.05) is 13.1 Å². The maximum absolute atomic E-state index is 11.9. The SMILES string of the molecule is Cl.Cl.NC(Cc1ccccc1)C(=O)NCCN1CCCC1. The van der Waals surface area contributed by atoms with Crippen LogP contribution in [0.3, 0.4) is 0 Å². The molecular formula is C15H25Cl2N3O. The molecule has 1 fully saturated rings. The Balaban J connectivity index is 0.00000200. The second-order valence-electron chi connectivity index (χ2n) is 5.14. The van der Waals surface area contributed by atoms with Gasteiger partial charge in [-0.3, -0.25) is 4.79 Å². The smallest absolute Gasteiger partial charge is 0.237 e. The van der Waals surface area contributed by atoms with Crippen LogP contribution in [0.1, 0.15) is 18.4 Å². The Labute approximate surface area is 139 Å². The molecule has 1 aromatic rings. The summed E-state index contributed by atoms with van der Waals surface area (Å²) in [4.78, 5) is 14.2. The largest absolute Gasteiger partial charge is 0.353 e. The zero-order valence-corrected chi connectivity index (χ0v) is 13.8. The van der Waals surface area contributed by atoms with Crippen molar-refractivity contribution >= 4 is 30.7 Å². The van der Waals surface area contributed by atoms with Crippen molar-refractivity contribution < 1.29 is 4.79 Å². The third kappa shape index (κ3) is 7.14. The number of nitrogens with two attached hydrogens (primary N) is 1. The van der Waals surface area contributed by atoms with Crippen molar-refractivity contribution in [3.05, 3.63) is 35.9 Å². The molecule has 1 aliphatic heterocycles. The van der Waals surface area contributed by atoms with E-state index < -0.39 is 6.04 Å². The van der Waals surface area contributed by atoms with Crippen LogP contribution in [-0.4, -0.2) is 43.0 Å². The number of likely N-dealkylation sites (tertiary alicyclic amines) is 1. The van der Waals surface area contributed by atoms with Gasteiger partial charge in [-0.25, -0.2) is 0 Å². The van der Waals surface area contributed by atoms with E-state index in [1.807, 2.05) is 30.3 Å². The molecule has 1 saturated heterocycles. The molecule has 1 atom stereocenters. The molecule has 120 valence electrons. The Hall–Kier alpha value is -0.810. The van der Waals surface area contributed by atoms with Crippen LogP contribution >= 0.6 is 24.8 Å². The minimum absolute atomic E-state index is 0. The highest BCUT2D eigenvalue weighted by atomic mass is 35.5. The van der Waals surface area contributed by atoms with Gasteiger partial charge >= 0.3 is 0 Å². The average molecular weight is 334 g/mol. The van der Waals surface area contributed by atoms with Crippen molar-refractivity contribution in [3.8, 4) is 0 Å². The zero-order valence-electron chi connectivity index (χ0n) is 12.2. The van der Waals surface area contributed by atoms with E-state index in [-0.39, 0.29) is 30.7 Å². The van der Waals surface area contributed by atoms with Crippen LogP contribution in [0.5, 0.6) is 0 Å². The summed E-state index contributed by atoms with van der Waals surface area (Å²) >= 11 is 0. The number of hydrogen-bond acceptors (Lipinski definition) is 3. The van der Waals surface area contributed by atoms with Gasteiger partial charge in [0.2, 0.25) is 5.91 Å². The maximum Gasteiger partial charge on any atom is 0.237 e. The standard InChI is InChI=1S/C15H23N3O.2ClH/c16-14(12-13-6-2-1-3-7-13)15(19)17-8-11-18-9-4-5-10-18;;/h1-3,6-7,14H,4-5,8-12,16H2,(H,17,19);2*1H. The molecule has 0 radical (unpaired) electrons. The molecule has 2 rings (SSSR count). The lowest BCUT2D eigenvalue weighted by atomic mass is 10.1. The van der Waals surface area contributed by atoms with Crippen LogP contribution in [0, 0.1) is 0 Å². The Morgan fingerprint density at radius 2 is 1.81 bits per heavy atom. The minimum Gasteiger partial charge on any atom is -0.353 e. The number of nitrogens with one attached hydrogen (secondary N) is 1. The summed E-state index contributed by atoms with van der Waals surface area (Å²) in [7, 11) is 0. The highest BCUT2D eigenvalue weighted by Gasteiger charge is 2.15. The monoisotopic (exact) mass is 333 g/mol. The summed E-state index contributed by atoms with van der Waals surface area (Å²) in [6.07, 6.45) is 3.15. The van der Waals surface area contributed by atoms with E-state index in [1.54, 1.807) is 0 Å². The number of amides is 1. The van der Waals surface area contributed by atoms with Gasteiger partial charge in [0.1, 0.15) is 0 Å². The molecule has 0 aromatic heterocycles. The Morgan fingerprint density at radius 1 is 1.19 bits per heavy atom. The number of rotatable bonds is 6. The summed E-state index contributed by atoms with van der Waals surface area (Å²) in [6.45, 7) is 3.95. The van der Waals surface area contributed by atoms with E-state index in [2.05, 4.69) is 10.2 Å². The van der Waals surface area contributed by atoms with E-state index >= 15 is 0 Å². The molecule has 0 saturated carbocycles. The van der Waals surface area contributed by atoms with E-state index in [1.165, 1.54) is 12.8 Å². The van der Waals surface area contributed by atoms with Gasteiger partial charge in [-0.1, -0.05) is 30.3 Å². The van der Waals surface area contributed by atoms with Crippen molar-refractivity contribution in [1.29, 1.82) is 0 Å². The third-order valence-electron chi connectivity index (χ3n) is 3.56. The molecule has 4 nitrogen and oxygen atoms in total. The molecule has 1 amide bonds. The predicted octanol–water partition coefficient (Wildman–Crippen LogP) is 1.61. The molecule has 21 heavy (non-hydrogen) atoms. The van der Waals surface area contributed by atoms with Crippen LogP contribution in [0.15, 0.2) is 30.3 Å². The molecule has 0 spiro atoms. The lowest BCUT2D eigenvalue weighted by Crippen LogP contribution is -2.44. The fourth-order valence-electron chi connectivity index (χ4n) is 2.44. The lowest BCUT2D eigenvalue weighted by molar-refractivity contribution is -0.122. The summed E-state index contributed by atoms with van der Waals surface area (Å²) in [5, 5.41) is 2.92. The molecule has 0 aliphatic carbocycles. The van der Waals surface area contributed by atoms with Gasteiger partial charge in [-0.15, -0.1) is 24.8 Å². The lowest BCUT2D eigenvalue weighted by Gasteiger charge is -2.16. The number of carbonyl (C=O) groups excluding carboxylic acids is 1. The molecule has 6 heteroatoms. The number of hydrogen-bond donors (Lipinski definition) is 2. The second-order valence-corrected chi connectivity index (χ2v) is 5.14. The van der Waals surface area contributed by atoms with Crippen molar-refractivity contribution in [2.75, 3.05) is 26.2 Å². The normalized spacial score (nSPS) is 15.7. The molecule has 1 unspecified atom stereocenters. The van der Waals surface area contributed by atoms with Crippen LogP contribution in [0.25, 0.3) is 0 Å². The fraction of sp³-hybridized carbons (Fsp3) is 0.533. The molecule has 1 heterocycles. The first-order chi connectivity index (χ1) is 9.25. The van der Waals surface area contributed by atoms with Crippen molar-refractivity contribution in [3.63, 3.8) is 0 Å². The minimum atomic E-state index is -0.457. The van der Waals surface area contributed by atoms with Gasteiger partial charge in [0.05, 0.1) is 6.04 Å². The van der Waals surface area contributed by atoms with Crippen molar-refractivity contribution in [1.82, 2.24) is 10.2 Å². The van der Waals surface area contributed by atoms with Gasteiger partial charge in [-0.05, 0) is 37.9 Å². The van der Waals surface area contributed by atoms with Crippen LogP contribution in [0.4, 0.5) is 0 Å². The Kier molecular flexibility index (Phi) is 10.4. The Morgan fingerprint density at radius 3 is 2.43 bits per heavy atom. The van der Waals surface area contributed by atoms with Gasteiger partial charge < -0.3 is 16.0 Å². The van der Waals surface area contributed by atoms with Gasteiger partial charge in [0.15, 0.2) is 0 Å². The topological polar surface area (TPSA) is 58.4 Å². The third-order valence-corrected chi connectivity index (χ3v) is 3.56. The first-order valence-electron chi connectivity index (χ1n) is 7.05. The van der Waals surface area contributed by atoms with Crippen LogP contribution in [-0.2, 0) is 11.2 Å². The van der Waals surface area contributed by atoms with E-state index in [0.717, 1.165) is 25.2 Å². The number of benzene rings is 1. The zero-order chi connectivity index (χ0) is 13.5. The number of nitrogens with zero attached hydrogens (tertiary/aromatic N) is 1. The average Bonchev–Trinajstić information content (AvgIpc) is 2.93. The predicted molar refractivity (Wildman–Crippen MR) is 91.3 cm³/mol. The Bertz CT molecular complexity index is 397. The molecule has 1 aromatic carbocycles. The summed E-state index contributed by atoms with van der Waals surface area (Å²) in [6, 6.07) is 9.43. The molecule has 3 N–H and O–H groups in total. The van der Waals surface area contributed by atoms with E-state index in [4.69, 9.17) is 5.73 Å². The van der Waals surface area contributed by atoms with Crippen LogP contribution in [0.2, 0.25) is 0 Å². The first kappa shape index (κ1) is 20.2. The summed E-state index contributed by atoms with van der Waals surface area (Å²) < 4.78 is 0. The van der Waals surface area contributed by atoms with Gasteiger partial charge in [-0.2, -0.15) is 0 Å². The van der Waals surface area contributed by atoms with Gasteiger partial charge in [0.25, 0.3) is 0 Å². The maximum atomic E-state index is 11.9. The van der Waals surface area contributed by atoms with Crippen LogP contribution < -0.4 is 11.1 Å². The molecule has 1 aliphatic rings. The van der Waals surface area contributed by atoms with E-state index in [9.17, 15) is 4.79 Å². The summed E-state index contributed by atoms with van der Waals surface area (Å²) in [5.74, 6) is -0.0527. The fourth-order valence-corrected chi connectivity index (χ4v) is 2.44. The first-order valence-corrected chi connectivity index (χ1v) is 7.05. The molecule has 0 bridgehead atoms.